The molecule has 0 aliphatic rings. The second-order valence-corrected chi connectivity index (χ2v) is 7.03. The van der Waals surface area contributed by atoms with Gasteiger partial charge in [0.05, 0.1) is 11.6 Å². The Morgan fingerprint density at radius 3 is 2.85 bits per heavy atom. The van der Waals surface area contributed by atoms with Crippen molar-refractivity contribution in [3.8, 4) is 0 Å². The van der Waals surface area contributed by atoms with Gasteiger partial charge < -0.3 is 14.1 Å². The molecule has 0 spiro atoms. The molecule has 1 atom stereocenters. The summed E-state index contributed by atoms with van der Waals surface area (Å²) in [6, 6.07) is 11.1. The van der Waals surface area contributed by atoms with Gasteiger partial charge in [-0.05, 0) is 36.9 Å². The monoisotopic (exact) mass is 374 g/mol. The second kappa shape index (κ2) is 8.33. The number of amides is 1. The second-order valence-electron chi connectivity index (χ2n) is 6.05. The summed E-state index contributed by atoms with van der Waals surface area (Å²) >= 11 is 1.62. The number of para-hydroxylation sites is 2. The van der Waals surface area contributed by atoms with E-state index in [0.717, 1.165) is 11.3 Å². The van der Waals surface area contributed by atoms with Gasteiger partial charge in [0, 0.05) is 25.1 Å². The molecule has 0 N–H and O–H groups in total. The van der Waals surface area contributed by atoms with Crippen LogP contribution in [-0.2, 0) is 16.1 Å². The van der Waals surface area contributed by atoms with Crippen LogP contribution in [0.2, 0.25) is 0 Å². The van der Waals surface area contributed by atoms with E-state index < -0.39 is 5.76 Å². The first-order valence-corrected chi connectivity index (χ1v) is 9.40. The average Bonchev–Trinajstić information content (AvgIpc) is 3.27. The number of hydrogen-bond acceptors (Lipinski definition) is 5. The van der Waals surface area contributed by atoms with Crippen LogP contribution >= 0.6 is 11.3 Å². The number of hydrogen-bond donors (Lipinski definition) is 0. The highest BCUT2D eigenvalue weighted by Gasteiger charge is 2.23. The standard InChI is InChI=1S/C19H22N2O4S/c1-14(17-9-5-12-26-17)20(10-6-11-24-2)18(22)13-21-15-7-3-4-8-16(15)25-19(21)23/h3-5,7-9,12,14H,6,10-11,13H2,1-2H3/t14-/m1/s1. The zero-order chi connectivity index (χ0) is 18.5. The van der Waals surface area contributed by atoms with Crippen molar-refractivity contribution in [2.75, 3.05) is 20.3 Å². The SMILES string of the molecule is COCCCN(C(=O)Cn1c(=O)oc2ccccc21)[C@H](C)c1cccs1. The number of carbonyl (C=O) groups is 1. The predicted molar refractivity (Wildman–Crippen MR) is 101 cm³/mol. The van der Waals surface area contributed by atoms with Gasteiger partial charge in [-0.1, -0.05) is 18.2 Å². The van der Waals surface area contributed by atoms with Crippen LogP contribution < -0.4 is 5.76 Å². The van der Waals surface area contributed by atoms with Gasteiger partial charge in [-0.3, -0.25) is 9.36 Å². The van der Waals surface area contributed by atoms with Crippen molar-refractivity contribution in [2.24, 2.45) is 0 Å². The van der Waals surface area contributed by atoms with Crippen molar-refractivity contribution in [1.29, 1.82) is 0 Å². The Kier molecular flexibility index (Phi) is 5.90. The molecule has 0 aliphatic heterocycles. The number of fused-ring (bicyclic) bond motifs is 1. The fraction of sp³-hybridized carbons (Fsp3) is 0.368. The molecule has 0 radical (unpaired) electrons. The molecule has 138 valence electrons. The van der Waals surface area contributed by atoms with E-state index in [1.54, 1.807) is 41.5 Å². The first-order chi connectivity index (χ1) is 12.6. The van der Waals surface area contributed by atoms with E-state index in [9.17, 15) is 9.59 Å². The molecule has 0 unspecified atom stereocenters. The molecule has 2 heterocycles. The fourth-order valence-electron chi connectivity index (χ4n) is 2.99. The minimum absolute atomic E-state index is 0.0431. The summed E-state index contributed by atoms with van der Waals surface area (Å²) in [6.07, 6.45) is 0.735. The van der Waals surface area contributed by atoms with Crippen LogP contribution in [-0.4, -0.2) is 35.6 Å². The summed E-state index contributed by atoms with van der Waals surface area (Å²) in [4.78, 5) is 28.1. The highest BCUT2D eigenvalue weighted by Crippen LogP contribution is 2.25. The molecule has 0 saturated carbocycles. The van der Waals surface area contributed by atoms with E-state index in [1.807, 2.05) is 30.5 Å². The molecule has 0 fully saturated rings. The molecule has 1 amide bonds. The van der Waals surface area contributed by atoms with Crippen LogP contribution in [0.5, 0.6) is 0 Å². The van der Waals surface area contributed by atoms with Gasteiger partial charge in [0.15, 0.2) is 5.58 Å². The van der Waals surface area contributed by atoms with E-state index in [0.29, 0.717) is 24.3 Å². The van der Waals surface area contributed by atoms with E-state index in [4.69, 9.17) is 9.15 Å². The van der Waals surface area contributed by atoms with E-state index in [1.165, 1.54) is 4.57 Å². The molecular weight excluding hydrogens is 352 g/mol. The largest absolute Gasteiger partial charge is 0.420 e. The lowest BCUT2D eigenvalue weighted by molar-refractivity contribution is -0.134. The van der Waals surface area contributed by atoms with Gasteiger partial charge in [0.25, 0.3) is 0 Å². The lowest BCUT2D eigenvalue weighted by atomic mass is 10.2. The van der Waals surface area contributed by atoms with Gasteiger partial charge in [0.1, 0.15) is 6.54 Å². The molecule has 2 aromatic heterocycles. The van der Waals surface area contributed by atoms with Crippen molar-refractivity contribution < 1.29 is 13.9 Å². The van der Waals surface area contributed by atoms with Crippen LogP contribution in [0.25, 0.3) is 11.1 Å². The maximum absolute atomic E-state index is 13.0. The van der Waals surface area contributed by atoms with Gasteiger partial charge >= 0.3 is 5.76 Å². The lowest BCUT2D eigenvalue weighted by Gasteiger charge is -2.29. The van der Waals surface area contributed by atoms with Crippen LogP contribution in [0.1, 0.15) is 24.3 Å². The van der Waals surface area contributed by atoms with E-state index >= 15 is 0 Å². The Bertz CT molecular complexity index is 913. The Morgan fingerprint density at radius 1 is 1.31 bits per heavy atom. The van der Waals surface area contributed by atoms with Crippen molar-refractivity contribution in [1.82, 2.24) is 9.47 Å². The highest BCUT2D eigenvalue weighted by molar-refractivity contribution is 7.10. The predicted octanol–water partition coefficient (Wildman–Crippen LogP) is 3.28. The third-order valence-corrected chi connectivity index (χ3v) is 5.40. The van der Waals surface area contributed by atoms with Gasteiger partial charge in [-0.25, -0.2) is 4.79 Å². The summed E-state index contributed by atoms with van der Waals surface area (Å²) in [7, 11) is 1.64. The third kappa shape index (κ3) is 3.89. The normalized spacial score (nSPS) is 12.4. The van der Waals surface area contributed by atoms with Crippen LogP contribution in [0, 0.1) is 0 Å². The third-order valence-electron chi connectivity index (χ3n) is 4.36. The number of oxazole rings is 1. The van der Waals surface area contributed by atoms with Crippen molar-refractivity contribution in [3.63, 3.8) is 0 Å². The Balaban J connectivity index is 1.84. The van der Waals surface area contributed by atoms with Crippen molar-refractivity contribution in [3.05, 3.63) is 57.2 Å². The first kappa shape index (κ1) is 18.4. The van der Waals surface area contributed by atoms with Crippen LogP contribution in [0.3, 0.4) is 0 Å². The highest BCUT2D eigenvalue weighted by atomic mass is 32.1. The van der Waals surface area contributed by atoms with Crippen LogP contribution in [0.4, 0.5) is 0 Å². The number of ether oxygens (including phenoxy) is 1. The number of nitrogens with zero attached hydrogens (tertiary/aromatic N) is 2. The minimum Gasteiger partial charge on any atom is -0.408 e. The first-order valence-electron chi connectivity index (χ1n) is 8.52. The Labute approximate surface area is 155 Å². The van der Waals surface area contributed by atoms with Crippen molar-refractivity contribution >= 4 is 28.3 Å². The maximum Gasteiger partial charge on any atom is 0.420 e. The van der Waals surface area contributed by atoms with E-state index in [2.05, 4.69) is 0 Å². The van der Waals surface area contributed by atoms with Crippen molar-refractivity contribution in [2.45, 2.75) is 25.9 Å². The van der Waals surface area contributed by atoms with Crippen LogP contribution in [0.15, 0.2) is 51.0 Å². The molecule has 0 bridgehead atoms. The number of methoxy groups -OCH3 is 1. The van der Waals surface area contributed by atoms with Gasteiger partial charge in [-0.15, -0.1) is 11.3 Å². The topological polar surface area (TPSA) is 64.7 Å². The summed E-state index contributed by atoms with van der Waals surface area (Å²) in [5.41, 5.74) is 1.12. The molecule has 7 heteroatoms. The zero-order valence-electron chi connectivity index (χ0n) is 14.9. The molecule has 3 rings (SSSR count). The summed E-state index contributed by atoms with van der Waals surface area (Å²) in [5.74, 6) is -0.629. The fourth-order valence-corrected chi connectivity index (χ4v) is 3.78. The van der Waals surface area contributed by atoms with Gasteiger partial charge in [-0.2, -0.15) is 0 Å². The number of aromatic nitrogens is 1. The molecule has 26 heavy (non-hydrogen) atoms. The summed E-state index contributed by atoms with van der Waals surface area (Å²) < 4.78 is 11.7. The minimum atomic E-state index is -0.514. The lowest BCUT2D eigenvalue weighted by Crippen LogP contribution is -2.38. The van der Waals surface area contributed by atoms with Gasteiger partial charge in [0.2, 0.25) is 5.91 Å². The summed E-state index contributed by atoms with van der Waals surface area (Å²) in [6.45, 7) is 3.11. The zero-order valence-corrected chi connectivity index (χ0v) is 15.7. The number of thiophene rings is 1. The Morgan fingerprint density at radius 2 is 2.12 bits per heavy atom. The summed E-state index contributed by atoms with van der Waals surface area (Å²) in [5, 5.41) is 2.00. The number of benzene rings is 1. The quantitative estimate of drug-likeness (QED) is 0.568. The molecule has 0 aliphatic carbocycles. The molecular formula is C19H22N2O4S. The molecule has 3 aromatic rings. The molecule has 6 nitrogen and oxygen atoms in total. The Hall–Kier alpha value is -2.38. The maximum atomic E-state index is 13.0. The number of rotatable bonds is 8. The number of carbonyl (C=O) groups excluding carboxylic acids is 1. The smallest absolute Gasteiger partial charge is 0.408 e. The van der Waals surface area contributed by atoms with E-state index in [-0.39, 0.29) is 18.5 Å². The molecule has 0 saturated heterocycles. The molecule has 1 aromatic carbocycles. The average molecular weight is 374 g/mol.